The third-order valence-electron chi connectivity index (χ3n) is 4.06. The Balaban J connectivity index is 1.65. The quantitative estimate of drug-likeness (QED) is 0.215. The summed E-state index contributed by atoms with van der Waals surface area (Å²) in [5.41, 5.74) is 6.57. The Morgan fingerprint density at radius 3 is 2.57 bits per heavy atom. The highest BCUT2D eigenvalue weighted by molar-refractivity contribution is 9.10. The van der Waals surface area contributed by atoms with Crippen LogP contribution < -0.4 is 5.43 Å². The number of carbonyl (C=O) groups excluding carboxylic acids is 1. The van der Waals surface area contributed by atoms with E-state index in [-0.39, 0.29) is 11.7 Å². The number of aromatic nitrogens is 3. The van der Waals surface area contributed by atoms with Gasteiger partial charge in [0.05, 0.1) is 12.0 Å². The molecule has 0 unspecified atom stereocenters. The zero-order chi connectivity index (χ0) is 21.5. The summed E-state index contributed by atoms with van der Waals surface area (Å²) >= 11 is 4.76. The minimum Gasteiger partial charge on any atom is -0.298 e. The summed E-state index contributed by atoms with van der Waals surface area (Å²) in [6, 6.07) is 15.8. The van der Waals surface area contributed by atoms with Crippen LogP contribution in [-0.4, -0.2) is 32.6 Å². The van der Waals surface area contributed by atoms with Crippen molar-refractivity contribution in [3.05, 3.63) is 76.3 Å². The van der Waals surface area contributed by atoms with Crippen molar-refractivity contribution >= 4 is 39.8 Å². The van der Waals surface area contributed by atoms with Gasteiger partial charge in [0.15, 0.2) is 11.0 Å². The van der Waals surface area contributed by atoms with Crippen molar-refractivity contribution in [2.24, 2.45) is 5.10 Å². The molecule has 0 spiro atoms. The van der Waals surface area contributed by atoms with Crippen molar-refractivity contribution in [2.45, 2.75) is 25.5 Å². The summed E-state index contributed by atoms with van der Waals surface area (Å²) in [6.45, 7) is 8.55. The summed E-state index contributed by atoms with van der Waals surface area (Å²) in [7, 11) is 0. The van der Waals surface area contributed by atoms with Crippen LogP contribution in [0.3, 0.4) is 0 Å². The summed E-state index contributed by atoms with van der Waals surface area (Å²) in [5, 5.41) is 13.3. The average molecular weight is 484 g/mol. The van der Waals surface area contributed by atoms with Crippen molar-refractivity contribution in [1.29, 1.82) is 0 Å². The first-order chi connectivity index (χ1) is 14.4. The van der Waals surface area contributed by atoms with Crippen molar-refractivity contribution in [2.75, 3.05) is 5.75 Å². The third-order valence-corrected chi connectivity index (χ3v) is 5.56. The first-order valence-electron chi connectivity index (χ1n) is 9.27. The molecule has 0 atom stereocenters. The van der Waals surface area contributed by atoms with E-state index >= 15 is 0 Å². The highest BCUT2D eigenvalue weighted by Crippen LogP contribution is 2.26. The maximum Gasteiger partial charge on any atom is 0.250 e. The van der Waals surface area contributed by atoms with Gasteiger partial charge in [-0.1, -0.05) is 81.8 Å². The normalized spacial score (nSPS) is 11.0. The van der Waals surface area contributed by atoms with Gasteiger partial charge in [-0.05, 0) is 31.5 Å². The SMILES string of the molecule is C=C(C)Cn1c(SCC(=O)N/N=C/c2ccc(C)cc2)nnc1-c1ccc(Br)cc1. The zero-order valence-electron chi connectivity index (χ0n) is 16.8. The Bertz CT molecular complexity index is 1060. The minimum atomic E-state index is -0.210. The van der Waals surface area contributed by atoms with Gasteiger partial charge in [-0.2, -0.15) is 5.10 Å². The van der Waals surface area contributed by atoms with Crippen LogP contribution in [0.4, 0.5) is 0 Å². The number of benzene rings is 2. The summed E-state index contributed by atoms with van der Waals surface area (Å²) in [4.78, 5) is 12.2. The van der Waals surface area contributed by atoms with Crippen molar-refractivity contribution < 1.29 is 4.79 Å². The lowest BCUT2D eigenvalue weighted by Crippen LogP contribution is -2.20. The van der Waals surface area contributed by atoms with Crippen LogP contribution in [0.2, 0.25) is 0 Å². The Labute approximate surface area is 188 Å². The third kappa shape index (κ3) is 6.14. The van der Waals surface area contributed by atoms with Gasteiger partial charge >= 0.3 is 0 Å². The highest BCUT2D eigenvalue weighted by atomic mass is 79.9. The summed E-state index contributed by atoms with van der Waals surface area (Å²) < 4.78 is 2.97. The standard InChI is InChI=1S/C22H22BrN5OS/c1-15(2)13-28-21(18-8-10-19(23)11-9-18)26-27-22(28)30-14-20(29)25-24-12-17-6-4-16(3)5-7-17/h4-12H,1,13-14H2,2-3H3,(H,25,29)/b24-12+. The predicted octanol–water partition coefficient (Wildman–Crippen LogP) is 4.83. The molecular weight excluding hydrogens is 462 g/mol. The van der Waals surface area contributed by atoms with Crippen molar-refractivity contribution in [3.63, 3.8) is 0 Å². The molecule has 1 amide bonds. The van der Waals surface area contributed by atoms with Gasteiger partial charge in [-0.3, -0.25) is 9.36 Å². The summed E-state index contributed by atoms with van der Waals surface area (Å²) in [5.74, 6) is 0.712. The number of rotatable bonds is 8. The molecule has 1 aromatic heterocycles. The lowest BCUT2D eigenvalue weighted by Gasteiger charge is -2.10. The first kappa shape index (κ1) is 22.0. The number of thioether (sulfide) groups is 1. The first-order valence-corrected chi connectivity index (χ1v) is 11.0. The number of nitrogens with zero attached hydrogens (tertiary/aromatic N) is 4. The number of nitrogens with one attached hydrogen (secondary N) is 1. The Morgan fingerprint density at radius 2 is 1.90 bits per heavy atom. The van der Waals surface area contributed by atoms with Gasteiger partial charge in [0.1, 0.15) is 0 Å². The number of halogens is 1. The maximum atomic E-state index is 12.2. The molecular formula is C22H22BrN5OS. The number of amides is 1. The molecule has 0 aliphatic carbocycles. The van der Waals surface area contributed by atoms with Gasteiger partial charge in [-0.25, -0.2) is 5.43 Å². The number of hydrazone groups is 1. The Hall–Kier alpha value is -2.71. The molecule has 154 valence electrons. The largest absolute Gasteiger partial charge is 0.298 e. The van der Waals surface area contributed by atoms with Gasteiger partial charge < -0.3 is 0 Å². The fourth-order valence-corrected chi connectivity index (χ4v) is 3.61. The smallest absolute Gasteiger partial charge is 0.250 e. The van der Waals surface area contributed by atoms with Crippen molar-refractivity contribution in [1.82, 2.24) is 20.2 Å². The molecule has 0 saturated heterocycles. The van der Waals surface area contributed by atoms with E-state index in [1.807, 2.05) is 66.9 Å². The minimum absolute atomic E-state index is 0.180. The van der Waals surface area contributed by atoms with Gasteiger partial charge in [0, 0.05) is 16.6 Å². The van der Waals surface area contributed by atoms with E-state index in [4.69, 9.17) is 0 Å². The number of hydrogen-bond donors (Lipinski definition) is 1. The molecule has 1 N–H and O–H groups in total. The lowest BCUT2D eigenvalue weighted by molar-refractivity contribution is -0.118. The predicted molar refractivity (Wildman–Crippen MR) is 126 cm³/mol. The van der Waals surface area contributed by atoms with Crippen LogP contribution in [0.1, 0.15) is 18.1 Å². The van der Waals surface area contributed by atoms with E-state index in [0.717, 1.165) is 27.0 Å². The molecule has 1 heterocycles. The highest BCUT2D eigenvalue weighted by Gasteiger charge is 2.15. The zero-order valence-corrected chi connectivity index (χ0v) is 19.2. The summed E-state index contributed by atoms with van der Waals surface area (Å²) in [6.07, 6.45) is 1.62. The molecule has 0 bridgehead atoms. The molecule has 30 heavy (non-hydrogen) atoms. The molecule has 3 aromatic rings. The number of hydrogen-bond acceptors (Lipinski definition) is 5. The maximum absolute atomic E-state index is 12.2. The monoisotopic (exact) mass is 483 g/mol. The van der Waals surface area contributed by atoms with E-state index in [2.05, 4.69) is 43.2 Å². The van der Waals surface area contributed by atoms with Crippen LogP contribution in [-0.2, 0) is 11.3 Å². The second-order valence-electron chi connectivity index (χ2n) is 6.85. The van der Waals surface area contributed by atoms with Crippen molar-refractivity contribution in [3.8, 4) is 11.4 Å². The van der Waals surface area contributed by atoms with Crippen LogP contribution >= 0.6 is 27.7 Å². The fourth-order valence-electron chi connectivity index (χ4n) is 2.61. The fraction of sp³-hybridized carbons (Fsp3) is 0.182. The molecule has 0 radical (unpaired) electrons. The lowest BCUT2D eigenvalue weighted by atomic mass is 10.2. The van der Waals surface area contributed by atoms with Crippen LogP contribution in [0.5, 0.6) is 0 Å². The molecule has 6 nitrogen and oxygen atoms in total. The van der Waals surface area contributed by atoms with Crippen LogP contribution in [0, 0.1) is 6.92 Å². The molecule has 0 aliphatic rings. The molecule has 0 saturated carbocycles. The molecule has 0 aliphatic heterocycles. The van der Waals surface area contributed by atoms with Gasteiger partial charge in [0.25, 0.3) is 5.91 Å². The van der Waals surface area contributed by atoms with E-state index < -0.39 is 0 Å². The molecule has 8 heteroatoms. The van der Waals surface area contributed by atoms with E-state index in [1.165, 1.54) is 17.3 Å². The number of aryl methyl sites for hydroxylation is 1. The topological polar surface area (TPSA) is 72.2 Å². The number of carbonyl (C=O) groups is 1. The molecule has 0 fully saturated rings. The Morgan fingerprint density at radius 1 is 1.20 bits per heavy atom. The molecule has 3 rings (SSSR count). The second-order valence-corrected chi connectivity index (χ2v) is 8.71. The Kier molecular flexibility index (Phi) is 7.59. The number of allylic oxidation sites excluding steroid dienone is 1. The van der Waals surface area contributed by atoms with E-state index in [0.29, 0.717) is 11.7 Å². The van der Waals surface area contributed by atoms with Gasteiger partial charge in [0.2, 0.25) is 0 Å². The molecule has 2 aromatic carbocycles. The van der Waals surface area contributed by atoms with E-state index in [1.54, 1.807) is 6.21 Å². The van der Waals surface area contributed by atoms with Crippen LogP contribution in [0.15, 0.2) is 75.4 Å². The van der Waals surface area contributed by atoms with Gasteiger partial charge in [-0.15, -0.1) is 10.2 Å². The second kappa shape index (κ2) is 10.4. The average Bonchev–Trinajstić information content (AvgIpc) is 3.10. The van der Waals surface area contributed by atoms with Crippen LogP contribution in [0.25, 0.3) is 11.4 Å². The van der Waals surface area contributed by atoms with E-state index in [9.17, 15) is 4.79 Å².